The van der Waals surface area contributed by atoms with E-state index in [4.69, 9.17) is 9.15 Å². The Morgan fingerprint density at radius 2 is 1.96 bits per heavy atom. The van der Waals surface area contributed by atoms with Crippen molar-refractivity contribution in [2.24, 2.45) is 0 Å². The van der Waals surface area contributed by atoms with Crippen LogP contribution in [0.4, 0.5) is 0 Å². The van der Waals surface area contributed by atoms with Crippen molar-refractivity contribution in [2.45, 2.75) is 70.8 Å². The zero-order chi connectivity index (χ0) is 19.9. The van der Waals surface area contributed by atoms with E-state index in [9.17, 15) is 9.59 Å². The van der Waals surface area contributed by atoms with Gasteiger partial charge in [0.1, 0.15) is 5.56 Å². The maximum atomic E-state index is 12.6. The predicted molar refractivity (Wildman–Crippen MR) is 114 cm³/mol. The molecule has 0 radical (unpaired) electrons. The molecule has 1 saturated carbocycles. The minimum atomic E-state index is -0.626. The SMILES string of the molecule is CCCCCCOc1cc(Br)cc2cc(C(=O)NC3CCCCC3)c(=O)oc12. The van der Waals surface area contributed by atoms with Crippen LogP contribution in [-0.2, 0) is 0 Å². The molecule has 3 rings (SSSR count). The monoisotopic (exact) mass is 449 g/mol. The van der Waals surface area contributed by atoms with E-state index in [0.717, 1.165) is 43.0 Å². The lowest BCUT2D eigenvalue weighted by atomic mass is 9.95. The quantitative estimate of drug-likeness (QED) is 0.421. The van der Waals surface area contributed by atoms with Gasteiger partial charge in [0.15, 0.2) is 11.3 Å². The number of unbranched alkanes of at least 4 members (excludes halogenated alkanes) is 3. The van der Waals surface area contributed by atoms with Gasteiger partial charge in [-0.05, 0) is 37.5 Å². The normalized spacial score (nSPS) is 14.9. The molecule has 5 nitrogen and oxygen atoms in total. The van der Waals surface area contributed by atoms with E-state index in [2.05, 4.69) is 28.2 Å². The number of carbonyl (C=O) groups excluding carboxylic acids is 1. The smallest absolute Gasteiger partial charge is 0.349 e. The summed E-state index contributed by atoms with van der Waals surface area (Å²) in [6.07, 6.45) is 9.77. The molecule has 0 spiro atoms. The maximum Gasteiger partial charge on any atom is 0.349 e. The molecule has 1 fully saturated rings. The number of halogens is 1. The van der Waals surface area contributed by atoms with Gasteiger partial charge in [0, 0.05) is 15.9 Å². The molecule has 152 valence electrons. The Kier molecular flexibility index (Phi) is 7.54. The van der Waals surface area contributed by atoms with Gasteiger partial charge in [-0.15, -0.1) is 0 Å². The summed E-state index contributed by atoms with van der Waals surface area (Å²) in [5, 5.41) is 3.65. The van der Waals surface area contributed by atoms with E-state index in [-0.39, 0.29) is 17.5 Å². The molecule has 1 aromatic heterocycles. The largest absolute Gasteiger partial charge is 0.490 e. The van der Waals surface area contributed by atoms with Gasteiger partial charge in [0.05, 0.1) is 6.61 Å². The van der Waals surface area contributed by atoms with E-state index >= 15 is 0 Å². The molecule has 0 unspecified atom stereocenters. The zero-order valence-corrected chi connectivity index (χ0v) is 18.0. The molecular formula is C22H28BrNO4. The summed E-state index contributed by atoms with van der Waals surface area (Å²) in [7, 11) is 0. The maximum absolute atomic E-state index is 12.6. The predicted octanol–water partition coefficient (Wildman–Crippen LogP) is 5.58. The molecule has 2 aromatic rings. The summed E-state index contributed by atoms with van der Waals surface area (Å²) < 4.78 is 12.2. The van der Waals surface area contributed by atoms with Gasteiger partial charge in [-0.25, -0.2) is 4.79 Å². The van der Waals surface area contributed by atoms with Crippen LogP contribution in [0.3, 0.4) is 0 Å². The highest BCUT2D eigenvalue weighted by Gasteiger charge is 2.21. The topological polar surface area (TPSA) is 68.5 Å². The van der Waals surface area contributed by atoms with Crippen LogP contribution in [0.5, 0.6) is 5.75 Å². The van der Waals surface area contributed by atoms with Crippen LogP contribution >= 0.6 is 15.9 Å². The number of fused-ring (bicyclic) bond motifs is 1. The van der Waals surface area contributed by atoms with Crippen LogP contribution in [0.2, 0.25) is 0 Å². The number of hydrogen-bond acceptors (Lipinski definition) is 4. The second kappa shape index (κ2) is 10.1. The number of carbonyl (C=O) groups is 1. The Balaban J connectivity index is 1.79. The molecular weight excluding hydrogens is 422 g/mol. The van der Waals surface area contributed by atoms with Crippen LogP contribution in [0, 0.1) is 0 Å². The first-order valence-electron chi connectivity index (χ1n) is 10.3. The molecule has 0 atom stereocenters. The van der Waals surface area contributed by atoms with Gasteiger partial charge < -0.3 is 14.5 Å². The van der Waals surface area contributed by atoms with Crippen LogP contribution in [0.1, 0.15) is 75.1 Å². The van der Waals surface area contributed by atoms with Crippen molar-refractivity contribution in [3.8, 4) is 5.75 Å². The Bertz CT molecular complexity index is 871. The van der Waals surface area contributed by atoms with E-state index in [1.165, 1.54) is 19.3 Å². The third-order valence-corrected chi connectivity index (χ3v) is 5.66. The fourth-order valence-corrected chi connectivity index (χ4v) is 4.11. The van der Waals surface area contributed by atoms with Crippen molar-refractivity contribution < 1.29 is 13.9 Å². The van der Waals surface area contributed by atoms with Gasteiger partial charge in [-0.1, -0.05) is 61.4 Å². The molecule has 1 aromatic carbocycles. The summed E-state index contributed by atoms with van der Waals surface area (Å²) in [5.74, 6) is 0.168. The number of ether oxygens (including phenoxy) is 1. The lowest BCUT2D eigenvalue weighted by Gasteiger charge is -2.22. The first-order chi connectivity index (χ1) is 13.6. The van der Waals surface area contributed by atoms with Crippen molar-refractivity contribution in [2.75, 3.05) is 6.61 Å². The molecule has 1 heterocycles. The highest BCUT2D eigenvalue weighted by atomic mass is 79.9. The van der Waals surface area contributed by atoms with E-state index < -0.39 is 5.63 Å². The molecule has 1 amide bonds. The summed E-state index contributed by atoms with van der Waals surface area (Å²) in [4.78, 5) is 25.1. The van der Waals surface area contributed by atoms with Crippen molar-refractivity contribution in [1.82, 2.24) is 5.32 Å². The highest BCUT2D eigenvalue weighted by Crippen LogP contribution is 2.30. The second-order valence-corrected chi connectivity index (χ2v) is 8.40. The Morgan fingerprint density at radius 3 is 2.71 bits per heavy atom. The number of nitrogens with one attached hydrogen (secondary N) is 1. The second-order valence-electron chi connectivity index (χ2n) is 7.49. The lowest BCUT2D eigenvalue weighted by molar-refractivity contribution is 0.0924. The minimum Gasteiger partial charge on any atom is -0.490 e. The van der Waals surface area contributed by atoms with Crippen LogP contribution in [0.25, 0.3) is 11.0 Å². The molecule has 0 aliphatic heterocycles. The number of hydrogen-bond donors (Lipinski definition) is 1. The van der Waals surface area contributed by atoms with Gasteiger partial charge in [0.25, 0.3) is 5.91 Å². The average molecular weight is 450 g/mol. The Hall–Kier alpha value is -1.82. The van der Waals surface area contributed by atoms with Crippen molar-refractivity contribution >= 4 is 32.8 Å². The van der Waals surface area contributed by atoms with E-state index in [0.29, 0.717) is 23.3 Å². The molecule has 6 heteroatoms. The number of rotatable bonds is 8. The molecule has 0 saturated heterocycles. The third kappa shape index (κ3) is 5.37. The fraction of sp³-hybridized carbons (Fsp3) is 0.545. The van der Waals surface area contributed by atoms with Crippen LogP contribution in [0.15, 0.2) is 31.9 Å². The molecule has 1 aliphatic carbocycles. The van der Waals surface area contributed by atoms with Gasteiger partial charge in [-0.2, -0.15) is 0 Å². The zero-order valence-electron chi connectivity index (χ0n) is 16.4. The summed E-state index contributed by atoms with van der Waals surface area (Å²) in [5.41, 5.74) is -0.193. The molecule has 1 N–H and O–H groups in total. The molecule has 1 aliphatic rings. The highest BCUT2D eigenvalue weighted by molar-refractivity contribution is 9.10. The summed E-state index contributed by atoms with van der Waals surface area (Å²) in [6, 6.07) is 5.38. The van der Waals surface area contributed by atoms with Crippen LogP contribution < -0.4 is 15.7 Å². The third-order valence-electron chi connectivity index (χ3n) is 5.20. The van der Waals surface area contributed by atoms with Crippen molar-refractivity contribution in [3.05, 3.63) is 38.7 Å². The first-order valence-corrected chi connectivity index (χ1v) is 11.1. The number of benzene rings is 1. The standard InChI is InChI=1S/C22H28BrNO4/c1-2-3-4-8-11-27-19-14-16(23)12-15-13-18(22(26)28-20(15)19)21(25)24-17-9-6-5-7-10-17/h12-14,17H,2-11H2,1H3,(H,24,25). The Morgan fingerprint density at radius 1 is 1.18 bits per heavy atom. The Labute approximate surface area is 174 Å². The molecule has 0 bridgehead atoms. The van der Waals surface area contributed by atoms with E-state index in [1.54, 1.807) is 12.1 Å². The molecule has 28 heavy (non-hydrogen) atoms. The fourth-order valence-electron chi connectivity index (χ4n) is 3.65. The summed E-state index contributed by atoms with van der Waals surface area (Å²) in [6.45, 7) is 2.73. The number of amides is 1. The first kappa shape index (κ1) is 20.9. The summed E-state index contributed by atoms with van der Waals surface area (Å²) >= 11 is 3.48. The minimum absolute atomic E-state index is 0.0464. The van der Waals surface area contributed by atoms with Gasteiger partial charge in [0.2, 0.25) is 0 Å². The van der Waals surface area contributed by atoms with Gasteiger partial charge >= 0.3 is 5.63 Å². The lowest BCUT2D eigenvalue weighted by Crippen LogP contribution is -2.38. The van der Waals surface area contributed by atoms with E-state index in [1.807, 2.05) is 6.07 Å². The average Bonchev–Trinajstić information content (AvgIpc) is 2.68. The van der Waals surface area contributed by atoms with Crippen molar-refractivity contribution in [3.63, 3.8) is 0 Å². The van der Waals surface area contributed by atoms with Crippen LogP contribution in [-0.4, -0.2) is 18.6 Å². The van der Waals surface area contributed by atoms with Crippen molar-refractivity contribution in [1.29, 1.82) is 0 Å². The van der Waals surface area contributed by atoms with Gasteiger partial charge in [-0.3, -0.25) is 4.79 Å².